The van der Waals surface area contributed by atoms with Crippen LogP contribution >= 0.6 is 0 Å². The summed E-state index contributed by atoms with van der Waals surface area (Å²) in [6, 6.07) is 13.0. The third-order valence-electron chi connectivity index (χ3n) is 2.81. The highest BCUT2D eigenvalue weighted by atomic mass is 32.2. The molecular weight excluding hydrogens is 294 g/mol. The molecule has 0 radical (unpaired) electrons. The lowest BCUT2D eigenvalue weighted by Crippen LogP contribution is -2.06. The van der Waals surface area contributed by atoms with Crippen molar-refractivity contribution in [1.82, 2.24) is 0 Å². The summed E-state index contributed by atoms with van der Waals surface area (Å²) in [7, 11) is -3.78. The first-order valence-corrected chi connectivity index (χ1v) is 7.53. The molecule has 0 unspecified atom stereocenters. The van der Waals surface area contributed by atoms with Gasteiger partial charge in [-0.2, -0.15) is 8.42 Å². The lowest BCUT2D eigenvalue weighted by atomic mass is 10.2. The fourth-order valence-corrected chi connectivity index (χ4v) is 2.54. The second kappa shape index (κ2) is 6.68. The smallest absolute Gasteiger partial charge is 0.262 e. The van der Waals surface area contributed by atoms with Crippen LogP contribution < -0.4 is 5.48 Å². The van der Waals surface area contributed by atoms with Crippen molar-refractivity contribution in [2.24, 2.45) is 0 Å². The molecule has 21 heavy (non-hydrogen) atoms. The lowest BCUT2D eigenvalue weighted by Gasteiger charge is -2.07. The van der Waals surface area contributed by atoms with Gasteiger partial charge in [-0.15, -0.1) is 4.99 Å². The van der Waals surface area contributed by atoms with Crippen molar-refractivity contribution in [2.45, 2.75) is 18.4 Å². The fourth-order valence-electron chi connectivity index (χ4n) is 1.64. The number of hydrogen-bond donors (Lipinski definition) is 2. The van der Waals surface area contributed by atoms with Gasteiger partial charge in [-0.25, -0.2) is 10.7 Å². The monoisotopic (exact) mass is 309 g/mol. The van der Waals surface area contributed by atoms with Gasteiger partial charge in [0.25, 0.3) is 10.1 Å². The molecule has 2 rings (SSSR count). The molecule has 0 heterocycles. The van der Waals surface area contributed by atoms with Gasteiger partial charge in [-0.1, -0.05) is 29.8 Å². The standard InChI is InChI=1S/C14H15NO5S/c1-11-2-8-14(9-3-11)21(17,18)19-10-12-4-6-13(7-5-12)15-20-16/h2-9,15-16H,10H2,1H3. The zero-order valence-electron chi connectivity index (χ0n) is 11.3. The summed E-state index contributed by atoms with van der Waals surface area (Å²) in [5, 5.41) is 8.23. The first-order chi connectivity index (χ1) is 10.0. The molecule has 0 aliphatic carbocycles. The largest absolute Gasteiger partial charge is 0.297 e. The Hall–Kier alpha value is -1.93. The van der Waals surface area contributed by atoms with Gasteiger partial charge in [-0.3, -0.25) is 4.18 Å². The molecule has 0 spiro atoms. The Morgan fingerprint density at radius 1 is 1.05 bits per heavy atom. The van der Waals surface area contributed by atoms with Crippen LogP contribution in [0.15, 0.2) is 53.4 Å². The molecule has 6 nitrogen and oxygen atoms in total. The number of hydrogen-bond acceptors (Lipinski definition) is 6. The molecule has 0 aromatic heterocycles. The Morgan fingerprint density at radius 3 is 2.24 bits per heavy atom. The van der Waals surface area contributed by atoms with E-state index >= 15 is 0 Å². The zero-order valence-corrected chi connectivity index (χ0v) is 12.1. The minimum atomic E-state index is -3.78. The summed E-state index contributed by atoms with van der Waals surface area (Å²) in [5.41, 5.74) is 4.42. The molecule has 2 aromatic carbocycles. The van der Waals surface area contributed by atoms with Crippen molar-refractivity contribution in [2.75, 3.05) is 5.48 Å². The van der Waals surface area contributed by atoms with Crippen molar-refractivity contribution in [3.8, 4) is 0 Å². The predicted molar refractivity (Wildman–Crippen MR) is 76.9 cm³/mol. The molecule has 0 aliphatic heterocycles. The van der Waals surface area contributed by atoms with Crippen molar-refractivity contribution in [3.05, 3.63) is 59.7 Å². The average molecular weight is 309 g/mol. The summed E-state index contributed by atoms with van der Waals surface area (Å²) in [4.78, 5) is 3.90. The maximum atomic E-state index is 12.0. The number of rotatable bonds is 6. The fraction of sp³-hybridized carbons (Fsp3) is 0.143. The van der Waals surface area contributed by atoms with Gasteiger partial charge in [0, 0.05) is 0 Å². The minimum Gasteiger partial charge on any atom is -0.262 e. The second-order valence-electron chi connectivity index (χ2n) is 4.42. The summed E-state index contributed by atoms with van der Waals surface area (Å²) in [5.74, 6) is 0. The van der Waals surface area contributed by atoms with Crippen LogP contribution in [0.5, 0.6) is 0 Å². The van der Waals surface area contributed by atoms with E-state index in [2.05, 4.69) is 10.5 Å². The highest BCUT2D eigenvalue weighted by molar-refractivity contribution is 7.86. The number of benzene rings is 2. The Kier molecular flexibility index (Phi) is 4.92. The van der Waals surface area contributed by atoms with Crippen LogP contribution in [0.3, 0.4) is 0 Å². The maximum Gasteiger partial charge on any atom is 0.297 e. The third-order valence-corrected chi connectivity index (χ3v) is 4.09. The topological polar surface area (TPSA) is 84.9 Å². The van der Waals surface area contributed by atoms with Gasteiger partial charge >= 0.3 is 0 Å². The van der Waals surface area contributed by atoms with E-state index in [0.29, 0.717) is 11.3 Å². The molecule has 0 bridgehead atoms. The molecule has 0 fully saturated rings. The SMILES string of the molecule is Cc1ccc(S(=O)(=O)OCc2ccc(NOO)cc2)cc1. The van der Waals surface area contributed by atoms with Crippen molar-refractivity contribution in [1.29, 1.82) is 0 Å². The van der Waals surface area contributed by atoms with E-state index in [0.717, 1.165) is 5.56 Å². The van der Waals surface area contributed by atoms with E-state index in [1.54, 1.807) is 36.4 Å². The Balaban J connectivity index is 2.02. The summed E-state index contributed by atoms with van der Waals surface area (Å²) >= 11 is 0. The van der Waals surface area contributed by atoms with E-state index in [4.69, 9.17) is 9.44 Å². The molecular formula is C14H15NO5S. The highest BCUT2D eigenvalue weighted by Gasteiger charge is 2.14. The van der Waals surface area contributed by atoms with Gasteiger partial charge in [-0.05, 0) is 36.8 Å². The molecule has 2 N–H and O–H groups in total. The van der Waals surface area contributed by atoms with E-state index in [1.165, 1.54) is 12.1 Å². The normalized spacial score (nSPS) is 11.3. The molecule has 0 amide bonds. The van der Waals surface area contributed by atoms with Gasteiger partial charge in [0.1, 0.15) is 0 Å². The summed E-state index contributed by atoms with van der Waals surface area (Å²) in [6.07, 6.45) is 0. The maximum absolute atomic E-state index is 12.0. The summed E-state index contributed by atoms with van der Waals surface area (Å²) in [6.45, 7) is 1.80. The predicted octanol–water partition coefficient (Wildman–Crippen LogP) is 2.72. The molecule has 2 aromatic rings. The molecule has 0 atom stereocenters. The van der Waals surface area contributed by atoms with Gasteiger partial charge in [0.05, 0.1) is 17.2 Å². The third kappa shape index (κ3) is 4.27. The quantitative estimate of drug-likeness (QED) is 0.485. The van der Waals surface area contributed by atoms with Crippen LogP contribution in [0.1, 0.15) is 11.1 Å². The van der Waals surface area contributed by atoms with Crippen LogP contribution in [0.2, 0.25) is 0 Å². The van der Waals surface area contributed by atoms with Crippen LogP contribution in [0.25, 0.3) is 0 Å². The minimum absolute atomic E-state index is 0.0729. The number of nitrogens with one attached hydrogen (secondary N) is 1. The molecule has 112 valence electrons. The lowest BCUT2D eigenvalue weighted by molar-refractivity contribution is -0.215. The number of aryl methyl sites for hydroxylation is 1. The highest BCUT2D eigenvalue weighted by Crippen LogP contribution is 2.16. The number of anilines is 1. The van der Waals surface area contributed by atoms with Crippen LogP contribution in [0, 0.1) is 6.92 Å². The van der Waals surface area contributed by atoms with Crippen molar-refractivity contribution in [3.63, 3.8) is 0 Å². The van der Waals surface area contributed by atoms with Crippen LogP contribution in [-0.2, 0) is 25.9 Å². The summed E-state index contributed by atoms with van der Waals surface area (Å²) < 4.78 is 29.0. The molecule has 0 saturated carbocycles. The zero-order chi connectivity index (χ0) is 15.3. The first-order valence-electron chi connectivity index (χ1n) is 6.13. The van der Waals surface area contributed by atoms with Gasteiger partial charge in [0.2, 0.25) is 0 Å². The molecule has 0 aliphatic rings. The van der Waals surface area contributed by atoms with E-state index in [9.17, 15) is 8.42 Å². The van der Waals surface area contributed by atoms with E-state index in [1.807, 2.05) is 6.92 Å². The Bertz CT molecular complexity index is 680. The average Bonchev–Trinajstić information content (AvgIpc) is 2.47. The Labute approximate surface area is 123 Å². The first kappa shape index (κ1) is 15.5. The van der Waals surface area contributed by atoms with Crippen LogP contribution in [-0.4, -0.2) is 13.7 Å². The van der Waals surface area contributed by atoms with Gasteiger partial charge in [0.15, 0.2) is 0 Å². The Morgan fingerprint density at radius 2 is 1.67 bits per heavy atom. The second-order valence-corrected chi connectivity index (χ2v) is 6.03. The van der Waals surface area contributed by atoms with E-state index in [-0.39, 0.29) is 11.5 Å². The molecule has 0 saturated heterocycles. The van der Waals surface area contributed by atoms with Gasteiger partial charge < -0.3 is 0 Å². The van der Waals surface area contributed by atoms with Crippen molar-refractivity contribution >= 4 is 15.8 Å². The van der Waals surface area contributed by atoms with Crippen LogP contribution in [0.4, 0.5) is 5.69 Å². The van der Waals surface area contributed by atoms with E-state index < -0.39 is 10.1 Å². The van der Waals surface area contributed by atoms with Crippen molar-refractivity contribution < 1.29 is 22.8 Å². The molecule has 7 heteroatoms.